The largest absolute Gasteiger partial charge is 0.317 e. The number of piperidine rings is 1. The van der Waals surface area contributed by atoms with Gasteiger partial charge in [0.15, 0.2) is 0 Å². The van der Waals surface area contributed by atoms with Crippen LogP contribution < -0.4 is 10.0 Å². The molecule has 0 atom stereocenters. The van der Waals surface area contributed by atoms with Gasteiger partial charge in [0.25, 0.3) is 0 Å². The van der Waals surface area contributed by atoms with Crippen LogP contribution in [0.15, 0.2) is 35.7 Å². The zero-order valence-electron chi connectivity index (χ0n) is 11.1. The van der Waals surface area contributed by atoms with Crippen LogP contribution in [0.2, 0.25) is 0 Å². The molecule has 1 heterocycles. The second-order valence-corrected chi connectivity index (χ2v) is 6.74. The third kappa shape index (κ3) is 4.45. The second-order valence-electron chi connectivity index (χ2n) is 5.17. The fourth-order valence-electron chi connectivity index (χ4n) is 2.19. The molecule has 0 aliphatic carbocycles. The summed E-state index contributed by atoms with van der Waals surface area (Å²) < 4.78 is 26.9. The quantitative estimate of drug-likeness (QED) is 0.883. The molecular weight excluding hydrogens is 260 g/mol. The Bertz CT molecular complexity index is 532. The maximum absolute atomic E-state index is 12.1. The van der Waals surface area contributed by atoms with E-state index in [0.29, 0.717) is 0 Å². The molecule has 5 heteroatoms. The minimum atomic E-state index is -3.40. The summed E-state index contributed by atoms with van der Waals surface area (Å²) >= 11 is 0. The van der Waals surface area contributed by atoms with Gasteiger partial charge in [0, 0.05) is 10.9 Å². The van der Waals surface area contributed by atoms with Gasteiger partial charge in [-0.1, -0.05) is 30.3 Å². The van der Waals surface area contributed by atoms with E-state index in [1.807, 2.05) is 37.3 Å². The Morgan fingerprint density at radius 1 is 1.21 bits per heavy atom. The number of nitrogens with one attached hydrogen (secondary N) is 2. The standard InChI is InChI=1S/C14H20N2O2S/c1-14(8-10-15-11-9-14)16-19(17,18)12-7-13-5-3-2-4-6-13/h2-7,12,15-16H,8-11H2,1H3/b12-7+. The molecule has 0 bridgehead atoms. The van der Waals surface area contributed by atoms with Crippen molar-refractivity contribution in [2.45, 2.75) is 25.3 Å². The Hall–Kier alpha value is -1.17. The molecule has 1 fully saturated rings. The lowest BCUT2D eigenvalue weighted by Crippen LogP contribution is -2.51. The zero-order valence-corrected chi connectivity index (χ0v) is 11.9. The molecule has 2 rings (SSSR count). The van der Waals surface area contributed by atoms with Gasteiger partial charge in [-0.3, -0.25) is 0 Å². The summed E-state index contributed by atoms with van der Waals surface area (Å²) in [6.45, 7) is 3.66. The van der Waals surface area contributed by atoms with E-state index in [-0.39, 0.29) is 5.54 Å². The molecular formula is C14H20N2O2S. The normalized spacial score (nSPS) is 19.6. The second kappa shape index (κ2) is 5.86. The molecule has 0 aromatic heterocycles. The molecule has 2 N–H and O–H groups in total. The van der Waals surface area contributed by atoms with E-state index < -0.39 is 10.0 Å². The van der Waals surface area contributed by atoms with Crippen molar-refractivity contribution in [3.05, 3.63) is 41.3 Å². The van der Waals surface area contributed by atoms with Crippen molar-refractivity contribution in [3.8, 4) is 0 Å². The van der Waals surface area contributed by atoms with Gasteiger partial charge in [-0.05, 0) is 44.5 Å². The number of rotatable bonds is 4. The van der Waals surface area contributed by atoms with Gasteiger partial charge in [-0.25, -0.2) is 13.1 Å². The first kappa shape index (κ1) is 14.2. The molecule has 0 spiro atoms. The maximum atomic E-state index is 12.1. The minimum Gasteiger partial charge on any atom is -0.317 e. The van der Waals surface area contributed by atoms with Crippen LogP contribution in [-0.2, 0) is 10.0 Å². The summed E-state index contributed by atoms with van der Waals surface area (Å²) in [5.41, 5.74) is 0.536. The Balaban J connectivity index is 2.04. The van der Waals surface area contributed by atoms with E-state index in [1.54, 1.807) is 6.08 Å². The Morgan fingerprint density at radius 3 is 2.47 bits per heavy atom. The van der Waals surface area contributed by atoms with Gasteiger partial charge in [0.2, 0.25) is 10.0 Å². The maximum Gasteiger partial charge on any atom is 0.234 e. The third-order valence-corrected chi connectivity index (χ3v) is 4.61. The first-order valence-electron chi connectivity index (χ1n) is 6.47. The molecule has 1 aromatic rings. The highest BCUT2D eigenvalue weighted by atomic mass is 32.2. The topological polar surface area (TPSA) is 58.2 Å². The molecule has 0 amide bonds. The van der Waals surface area contributed by atoms with Crippen LogP contribution in [0, 0.1) is 0 Å². The highest BCUT2D eigenvalue weighted by Gasteiger charge is 2.30. The molecule has 1 aliphatic heterocycles. The van der Waals surface area contributed by atoms with E-state index in [4.69, 9.17) is 0 Å². The van der Waals surface area contributed by atoms with Crippen molar-refractivity contribution in [2.24, 2.45) is 0 Å². The molecule has 1 aliphatic rings. The minimum absolute atomic E-state index is 0.342. The van der Waals surface area contributed by atoms with E-state index >= 15 is 0 Å². The van der Waals surface area contributed by atoms with E-state index in [2.05, 4.69) is 10.0 Å². The van der Waals surface area contributed by atoms with Gasteiger partial charge in [-0.2, -0.15) is 0 Å². The summed E-state index contributed by atoms with van der Waals surface area (Å²) in [7, 11) is -3.40. The van der Waals surface area contributed by atoms with Crippen molar-refractivity contribution in [2.75, 3.05) is 13.1 Å². The fourth-order valence-corrected chi connectivity index (χ4v) is 3.49. The highest BCUT2D eigenvalue weighted by Crippen LogP contribution is 2.18. The van der Waals surface area contributed by atoms with E-state index in [9.17, 15) is 8.42 Å². The van der Waals surface area contributed by atoms with Crippen LogP contribution in [0.5, 0.6) is 0 Å². The Kier molecular flexibility index (Phi) is 4.39. The first-order chi connectivity index (χ1) is 8.99. The SMILES string of the molecule is CC1(NS(=O)(=O)/C=C/c2ccccc2)CCNCC1. The van der Waals surface area contributed by atoms with E-state index in [0.717, 1.165) is 31.5 Å². The van der Waals surface area contributed by atoms with Gasteiger partial charge >= 0.3 is 0 Å². The van der Waals surface area contributed by atoms with Crippen LogP contribution in [-0.4, -0.2) is 27.0 Å². The zero-order chi connectivity index (χ0) is 13.8. The summed E-state index contributed by atoms with van der Waals surface area (Å²) in [4.78, 5) is 0. The van der Waals surface area contributed by atoms with Gasteiger partial charge in [0.1, 0.15) is 0 Å². The Morgan fingerprint density at radius 2 is 1.84 bits per heavy atom. The molecule has 104 valence electrons. The fraction of sp³-hybridized carbons (Fsp3) is 0.429. The summed E-state index contributed by atoms with van der Waals surface area (Å²) in [6.07, 6.45) is 3.24. The number of hydrogen-bond acceptors (Lipinski definition) is 3. The van der Waals surface area contributed by atoms with Crippen molar-refractivity contribution in [3.63, 3.8) is 0 Å². The summed E-state index contributed by atoms with van der Waals surface area (Å²) in [5.74, 6) is 0. The van der Waals surface area contributed by atoms with Crippen molar-refractivity contribution in [1.29, 1.82) is 0 Å². The van der Waals surface area contributed by atoms with Crippen LogP contribution >= 0.6 is 0 Å². The molecule has 1 aromatic carbocycles. The molecule has 19 heavy (non-hydrogen) atoms. The van der Waals surface area contributed by atoms with Crippen LogP contribution in [0.3, 0.4) is 0 Å². The monoisotopic (exact) mass is 280 g/mol. The highest BCUT2D eigenvalue weighted by molar-refractivity contribution is 7.92. The smallest absolute Gasteiger partial charge is 0.234 e. The molecule has 0 saturated carbocycles. The van der Waals surface area contributed by atoms with Crippen molar-refractivity contribution in [1.82, 2.24) is 10.0 Å². The van der Waals surface area contributed by atoms with Crippen molar-refractivity contribution < 1.29 is 8.42 Å². The van der Waals surface area contributed by atoms with Gasteiger partial charge in [0.05, 0.1) is 0 Å². The van der Waals surface area contributed by atoms with Gasteiger partial charge in [-0.15, -0.1) is 0 Å². The average Bonchev–Trinajstić information content (AvgIpc) is 2.37. The van der Waals surface area contributed by atoms with Crippen molar-refractivity contribution >= 4 is 16.1 Å². The number of hydrogen-bond donors (Lipinski definition) is 2. The molecule has 1 saturated heterocycles. The lowest BCUT2D eigenvalue weighted by atomic mass is 9.92. The molecule has 0 radical (unpaired) electrons. The Labute approximate surface area is 115 Å². The number of benzene rings is 1. The van der Waals surface area contributed by atoms with Crippen LogP contribution in [0.25, 0.3) is 6.08 Å². The lowest BCUT2D eigenvalue weighted by Gasteiger charge is -2.34. The van der Waals surface area contributed by atoms with E-state index in [1.165, 1.54) is 5.41 Å². The summed E-state index contributed by atoms with van der Waals surface area (Å²) in [5, 5.41) is 4.48. The van der Waals surface area contributed by atoms with Gasteiger partial charge < -0.3 is 5.32 Å². The summed E-state index contributed by atoms with van der Waals surface area (Å²) in [6, 6.07) is 9.42. The lowest BCUT2D eigenvalue weighted by molar-refractivity contribution is 0.309. The predicted octanol–water partition coefficient (Wildman–Crippen LogP) is 1.72. The van der Waals surface area contributed by atoms with Crippen LogP contribution in [0.1, 0.15) is 25.3 Å². The predicted molar refractivity (Wildman–Crippen MR) is 78.0 cm³/mol. The molecule has 4 nitrogen and oxygen atoms in total. The average molecular weight is 280 g/mol. The molecule has 0 unspecified atom stereocenters. The van der Waals surface area contributed by atoms with Crippen LogP contribution in [0.4, 0.5) is 0 Å². The third-order valence-electron chi connectivity index (χ3n) is 3.33. The first-order valence-corrected chi connectivity index (χ1v) is 8.02. The number of sulfonamides is 1.